The number of nitrogens with one attached hydrogen (secondary N) is 1. The molecular formula is C31H38ClN3O4S. The molecule has 0 spiro atoms. The first-order chi connectivity index (χ1) is 19.1. The van der Waals surface area contributed by atoms with E-state index in [0.717, 1.165) is 21.9 Å². The number of carbonyl (C=O) groups is 2. The maximum absolute atomic E-state index is 14.0. The Morgan fingerprint density at radius 2 is 1.60 bits per heavy atom. The standard InChI is InChI=1S/C31H38ClN3O4S/c1-5-24(4)33-31(37)29(6-2)34(20-19-25-12-8-7-9-13-25)30(36)22-35(27-14-10-11-23(3)21-27)40(38,39)28-17-15-26(32)16-18-28/h7-18,21,24,29H,5-6,19-20,22H2,1-4H3,(H,33,37). The Bertz CT molecular complexity index is 1380. The van der Waals surface area contributed by atoms with E-state index in [-0.39, 0.29) is 23.4 Å². The number of nitrogens with zero attached hydrogens (tertiary/aromatic N) is 2. The first-order valence-corrected chi connectivity index (χ1v) is 15.4. The largest absolute Gasteiger partial charge is 0.352 e. The Morgan fingerprint density at radius 3 is 2.20 bits per heavy atom. The van der Waals surface area contributed by atoms with Gasteiger partial charge in [-0.2, -0.15) is 0 Å². The fourth-order valence-corrected chi connectivity index (χ4v) is 5.91. The van der Waals surface area contributed by atoms with Crippen LogP contribution in [0.25, 0.3) is 0 Å². The van der Waals surface area contributed by atoms with Crippen LogP contribution in [0.3, 0.4) is 0 Å². The van der Waals surface area contributed by atoms with E-state index < -0.39 is 28.5 Å². The fraction of sp³-hybridized carbons (Fsp3) is 0.355. The monoisotopic (exact) mass is 583 g/mol. The number of sulfonamides is 1. The van der Waals surface area contributed by atoms with E-state index in [1.165, 1.54) is 29.2 Å². The van der Waals surface area contributed by atoms with E-state index >= 15 is 0 Å². The third-order valence-electron chi connectivity index (χ3n) is 6.84. The van der Waals surface area contributed by atoms with Crippen molar-refractivity contribution in [1.29, 1.82) is 0 Å². The van der Waals surface area contributed by atoms with Gasteiger partial charge in [-0.15, -0.1) is 0 Å². The quantitative estimate of drug-likeness (QED) is 0.283. The van der Waals surface area contributed by atoms with Gasteiger partial charge >= 0.3 is 0 Å². The zero-order chi connectivity index (χ0) is 29.3. The number of hydrogen-bond acceptors (Lipinski definition) is 4. The van der Waals surface area contributed by atoms with Gasteiger partial charge in [0, 0.05) is 17.6 Å². The highest BCUT2D eigenvalue weighted by molar-refractivity contribution is 7.92. The minimum Gasteiger partial charge on any atom is -0.352 e. The van der Waals surface area contributed by atoms with Gasteiger partial charge in [0.05, 0.1) is 10.6 Å². The van der Waals surface area contributed by atoms with E-state index in [1.807, 2.05) is 64.1 Å². The van der Waals surface area contributed by atoms with Gasteiger partial charge in [-0.25, -0.2) is 8.42 Å². The van der Waals surface area contributed by atoms with Gasteiger partial charge in [-0.1, -0.05) is 67.9 Å². The molecule has 214 valence electrons. The maximum atomic E-state index is 14.0. The highest BCUT2D eigenvalue weighted by Gasteiger charge is 2.33. The third kappa shape index (κ3) is 8.08. The second kappa shape index (κ2) is 14.3. The lowest BCUT2D eigenvalue weighted by molar-refractivity contribution is -0.139. The van der Waals surface area contributed by atoms with E-state index in [0.29, 0.717) is 23.6 Å². The molecule has 9 heteroatoms. The molecule has 0 bridgehead atoms. The topological polar surface area (TPSA) is 86.8 Å². The number of anilines is 1. The summed E-state index contributed by atoms with van der Waals surface area (Å²) in [4.78, 5) is 28.9. The summed E-state index contributed by atoms with van der Waals surface area (Å²) in [7, 11) is -4.13. The Kier molecular flexibility index (Phi) is 11.2. The van der Waals surface area contributed by atoms with Gasteiger partial charge in [0.25, 0.3) is 10.0 Å². The number of hydrogen-bond donors (Lipinski definition) is 1. The second-order valence-electron chi connectivity index (χ2n) is 9.87. The molecule has 0 heterocycles. The molecule has 0 aromatic heterocycles. The van der Waals surface area contributed by atoms with E-state index in [9.17, 15) is 18.0 Å². The highest BCUT2D eigenvalue weighted by atomic mass is 35.5. The molecular weight excluding hydrogens is 546 g/mol. The lowest BCUT2D eigenvalue weighted by Crippen LogP contribution is -2.54. The molecule has 3 aromatic rings. The average Bonchev–Trinajstić information content (AvgIpc) is 2.94. The van der Waals surface area contributed by atoms with E-state index in [4.69, 9.17) is 11.6 Å². The van der Waals surface area contributed by atoms with Crippen LogP contribution in [0.15, 0.2) is 83.8 Å². The van der Waals surface area contributed by atoms with Gasteiger partial charge in [0.15, 0.2) is 0 Å². The van der Waals surface area contributed by atoms with Gasteiger partial charge in [0.2, 0.25) is 11.8 Å². The molecule has 0 saturated carbocycles. The van der Waals surface area contributed by atoms with Crippen molar-refractivity contribution in [3.63, 3.8) is 0 Å². The Labute approximate surface area is 243 Å². The molecule has 0 radical (unpaired) electrons. The summed E-state index contributed by atoms with van der Waals surface area (Å²) in [5, 5.41) is 3.40. The minimum atomic E-state index is -4.13. The average molecular weight is 584 g/mol. The summed E-state index contributed by atoms with van der Waals surface area (Å²) in [5.74, 6) is -0.706. The molecule has 2 unspecified atom stereocenters. The van der Waals surface area contributed by atoms with Crippen LogP contribution < -0.4 is 9.62 Å². The van der Waals surface area contributed by atoms with Crippen molar-refractivity contribution in [2.45, 2.75) is 63.9 Å². The summed E-state index contributed by atoms with van der Waals surface area (Å²) >= 11 is 6.01. The molecule has 3 aromatic carbocycles. The normalized spacial score (nSPS) is 12.8. The number of benzene rings is 3. The number of aryl methyl sites for hydroxylation is 1. The Balaban J connectivity index is 2.01. The Hall–Kier alpha value is -3.36. The zero-order valence-electron chi connectivity index (χ0n) is 23.5. The van der Waals surface area contributed by atoms with Crippen LogP contribution in [-0.4, -0.2) is 50.3 Å². The molecule has 0 fully saturated rings. The van der Waals surface area contributed by atoms with Crippen LogP contribution >= 0.6 is 11.6 Å². The summed E-state index contributed by atoms with van der Waals surface area (Å²) in [5.41, 5.74) is 2.23. The predicted molar refractivity (Wildman–Crippen MR) is 161 cm³/mol. The molecule has 2 amide bonds. The summed E-state index contributed by atoms with van der Waals surface area (Å²) in [6, 6.07) is 21.7. The van der Waals surface area contributed by atoms with Gasteiger partial charge in [-0.05, 0) is 80.6 Å². The lowest BCUT2D eigenvalue weighted by Gasteiger charge is -2.33. The molecule has 0 aliphatic rings. The summed E-state index contributed by atoms with van der Waals surface area (Å²) in [6.07, 6.45) is 1.66. The lowest BCUT2D eigenvalue weighted by atomic mass is 10.1. The summed E-state index contributed by atoms with van der Waals surface area (Å²) < 4.78 is 28.9. The van der Waals surface area contributed by atoms with Gasteiger partial charge in [-0.3, -0.25) is 13.9 Å². The van der Waals surface area contributed by atoms with Crippen molar-refractivity contribution >= 4 is 39.1 Å². The molecule has 2 atom stereocenters. The van der Waals surface area contributed by atoms with Crippen LogP contribution in [0.1, 0.15) is 44.7 Å². The number of carbonyl (C=O) groups excluding carboxylic acids is 2. The van der Waals surface area contributed by atoms with Crippen LogP contribution in [0, 0.1) is 6.92 Å². The van der Waals surface area contributed by atoms with Crippen molar-refractivity contribution in [1.82, 2.24) is 10.2 Å². The molecule has 0 aliphatic heterocycles. The number of rotatable bonds is 13. The predicted octanol–water partition coefficient (Wildman–Crippen LogP) is 5.61. The van der Waals surface area contributed by atoms with Crippen LogP contribution in [-0.2, 0) is 26.0 Å². The van der Waals surface area contributed by atoms with Crippen molar-refractivity contribution in [2.24, 2.45) is 0 Å². The van der Waals surface area contributed by atoms with Gasteiger partial charge in [0.1, 0.15) is 12.6 Å². The van der Waals surface area contributed by atoms with Crippen molar-refractivity contribution < 1.29 is 18.0 Å². The zero-order valence-corrected chi connectivity index (χ0v) is 25.1. The maximum Gasteiger partial charge on any atom is 0.264 e. The Morgan fingerprint density at radius 1 is 0.925 bits per heavy atom. The van der Waals surface area contributed by atoms with E-state index in [2.05, 4.69) is 5.32 Å². The number of amides is 2. The molecule has 3 rings (SSSR count). The highest BCUT2D eigenvalue weighted by Crippen LogP contribution is 2.26. The van der Waals surface area contributed by atoms with Crippen molar-refractivity contribution in [3.8, 4) is 0 Å². The van der Waals surface area contributed by atoms with Gasteiger partial charge < -0.3 is 10.2 Å². The van der Waals surface area contributed by atoms with Crippen LogP contribution in [0.2, 0.25) is 5.02 Å². The van der Waals surface area contributed by atoms with Crippen LogP contribution in [0.4, 0.5) is 5.69 Å². The summed E-state index contributed by atoms with van der Waals surface area (Å²) in [6.45, 7) is 7.40. The third-order valence-corrected chi connectivity index (χ3v) is 8.88. The van der Waals surface area contributed by atoms with E-state index in [1.54, 1.807) is 18.2 Å². The molecule has 40 heavy (non-hydrogen) atoms. The molecule has 1 N–H and O–H groups in total. The van der Waals surface area contributed by atoms with Crippen molar-refractivity contribution in [3.05, 3.63) is 95.0 Å². The van der Waals surface area contributed by atoms with Crippen LogP contribution in [0.5, 0.6) is 0 Å². The molecule has 0 aliphatic carbocycles. The minimum absolute atomic E-state index is 0.0172. The molecule has 7 nitrogen and oxygen atoms in total. The first kappa shape index (κ1) is 31.2. The SMILES string of the molecule is CCC(C)NC(=O)C(CC)N(CCc1ccccc1)C(=O)CN(c1cccc(C)c1)S(=O)(=O)c1ccc(Cl)cc1. The molecule has 0 saturated heterocycles. The second-order valence-corrected chi connectivity index (χ2v) is 12.2. The fourth-order valence-electron chi connectivity index (χ4n) is 4.38. The smallest absolute Gasteiger partial charge is 0.264 e. The first-order valence-electron chi connectivity index (χ1n) is 13.6. The van der Waals surface area contributed by atoms with Crippen molar-refractivity contribution in [2.75, 3.05) is 17.4 Å². The number of halogens is 1.